The van der Waals surface area contributed by atoms with E-state index >= 15 is 0 Å². The van der Waals surface area contributed by atoms with Gasteiger partial charge in [-0.05, 0) is 43.5 Å². The van der Waals surface area contributed by atoms with Gasteiger partial charge in [-0.2, -0.15) is 5.26 Å². The zero-order valence-electron chi connectivity index (χ0n) is 10.6. The predicted molar refractivity (Wildman–Crippen MR) is 68.0 cm³/mol. The van der Waals surface area contributed by atoms with E-state index in [0.29, 0.717) is 19.8 Å². The zero-order chi connectivity index (χ0) is 12.5. The molecule has 1 N–H and O–H groups in total. The van der Waals surface area contributed by atoms with Crippen LogP contribution < -0.4 is 5.32 Å². The lowest BCUT2D eigenvalue weighted by molar-refractivity contribution is -0.0690. The van der Waals surface area contributed by atoms with Gasteiger partial charge in [0.25, 0.3) is 0 Å². The first-order valence-corrected chi connectivity index (χ1v) is 5.88. The van der Waals surface area contributed by atoms with Crippen LogP contribution in [0.1, 0.15) is 16.7 Å². The molecule has 0 spiro atoms. The van der Waals surface area contributed by atoms with E-state index in [1.807, 2.05) is 0 Å². The van der Waals surface area contributed by atoms with Gasteiger partial charge in [0, 0.05) is 12.2 Å². The summed E-state index contributed by atoms with van der Waals surface area (Å²) in [6, 6.07) is 6.54. The molecule has 90 valence electrons. The molecule has 1 aliphatic rings. The van der Waals surface area contributed by atoms with Crippen LogP contribution in [0.5, 0.6) is 0 Å². The maximum absolute atomic E-state index is 9.11. The molecular formula is C14H18N2O. The van der Waals surface area contributed by atoms with E-state index in [-0.39, 0.29) is 5.41 Å². The molecule has 1 aromatic carbocycles. The van der Waals surface area contributed by atoms with Crippen molar-refractivity contribution in [2.45, 2.75) is 20.8 Å². The lowest BCUT2D eigenvalue weighted by Crippen LogP contribution is -2.46. The van der Waals surface area contributed by atoms with Crippen LogP contribution in [0.4, 0.5) is 5.69 Å². The first-order chi connectivity index (χ1) is 8.08. The van der Waals surface area contributed by atoms with Crippen LogP contribution in [0.15, 0.2) is 12.1 Å². The summed E-state index contributed by atoms with van der Waals surface area (Å²) in [6.07, 6.45) is 0. The van der Waals surface area contributed by atoms with Gasteiger partial charge in [-0.25, -0.2) is 0 Å². The second-order valence-electron chi connectivity index (χ2n) is 4.92. The summed E-state index contributed by atoms with van der Waals surface area (Å²) in [5, 5.41) is 12.5. The molecule has 3 nitrogen and oxygen atoms in total. The van der Waals surface area contributed by atoms with E-state index in [4.69, 9.17) is 10.00 Å². The van der Waals surface area contributed by atoms with Crippen LogP contribution in [-0.4, -0.2) is 19.8 Å². The van der Waals surface area contributed by atoms with Gasteiger partial charge in [0.05, 0.1) is 19.3 Å². The van der Waals surface area contributed by atoms with Crippen LogP contribution in [-0.2, 0) is 4.74 Å². The monoisotopic (exact) mass is 230 g/mol. The van der Waals surface area contributed by atoms with Crippen LogP contribution in [0.3, 0.4) is 0 Å². The molecule has 1 heterocycles. The zero-order valence-corrected chi connectivity index (χ0v) is 10.6. The molecule has 1 aliphatic heterocycles. The quantitative estimate of drug-likeness (QED) is 0.868. The number of benzene rings is 1. The van der Waals surface area contributed by atoms with Gasteiger partial charge in [0.2, 0.25) is 0 Å². The molecule has 17 heavy (non-hydrogen) atoms. The molecule has 2 rings (SSSR count). The predicted octanol–water partition coefficient (Wildman–Crippen LogP) is 2.56. The van der Waals surface area contributed by atoms with Gasteiger partial charge in [-0.3, -0.25) is 0 Å². The Balaban J connectivity index is 2.10. The van der Waals surface area contributed by atoms with Crippen LogP contribution >= 0.6 is 0 Å². The number of rotatable bonds is 3. The summed E-state index contributed by atoms with van der Waals surface area (Å²) in [5.74, 6) is 0. The summed E-state index contributed by atoms with van der Waals surface area (Å²) in [4.78, 5) is 0. The minimum Gasteiger partial charge on any atom is -0.383 e. The number of nitrogens with zero attached hydrogens (tertiary/aromatic N) is 1. The van der Waals surface area contributed by atoms with E-state index < -0.39 is 0 Å². The lowest BCUT2D eigenvalue weighted by Gasteiger charge is -2.35. The minimum atomic E-state index is -0.328. The van der Waals surface area contributed by atoms with Gasteiger partial charge in [0.1, 0.15) is 5.41 Å². The van der Waals surface area contributed by atoms with Crippen molar-refractivity contribution in [2.24, 2.45) is 5.41 Å². The number of anilines is 1. The van der Waals surface area contributed by atoms with Gasteiger partial charge in [0.15, 0.2) is 0 Å². The van der Waals surface area contributed by atoms with E-state index in [2.05, 4.69) is 44.3 Å². The van der Waals surface area contributed by atoms with Crippen molar-refractivity contribution in [1.29, 1.82) is 5.26 Å². The smallest absolute Gasteiger partial charge is 0.121 e. The van der Waals surface area contributed by atoms with E-state index in [1.165, 1.54) is 16.7 Å². The third-order valence-electron chi connectivity index (χ3n) is 3.67. The summed E-state index contributed by atoms with van der Waals surface area (Å²) >= 11 is 0. The number of nitriles is 1. The van der Waals surface area contributed by atoms with E-state index in [1.54, 1.807) is 0 Å². The maximum atomic E-state index is 9.11. The Morgan fingerprint density at radius 3 is 2.53 bits per heavy atom. The van der Waals surface area contributed by atoms with Crippen molar-refractivity contribution in [1.82, 2.24) is 0 Å². The molecule has 0 saturated carbocycles. The summed E-state index contributed by atoms with van der Waals surface area (Å²) < 4.78 is 5.13. The topological polar surface area (TPSA) is 45.0 Å². The highest BCUT2D eigenvalue weighted by Gasteiger charge is 2.38. The molecule has 0 aliphatic carbocycles. The van der Waals surface area contributed by atoms with E-state index in [0.717, 1.165) is 5.69 Å². The summed E-state index contributed by atoms with van der Waals surface area (Å²) in [7, 11) is 0. The third-order valence-corrected chi connectivity index (χ3v) is 3.67. The molecule has 0 bridgehead atoms. The third kappa shape index (κ3) is 2.13. The first-order valence-electron chi connectivity index (χ1n) is 5.88. The molecule has 1 fully saturated rings. The molecule has 1 saturated heterocycles. The average Bonchev–Trinajstić information content (AvgIpc) is 2.28. The molecule has 0 atom stereocenters. The Morgan fingerprint density at radius 2 is 2.00 bits per heavy atom. The van der Waals surface area contributed by atoms with Crippen LogP contribution in [0.25, 0.3) is 0 Å². The number of ether oxygens (including phenoxy) is 1. The van der Waals surface area contributed by atoms with Gasteiger partial charge in [-0.1, -0.05) is 6.07 Å². The van der Waals surface area contributed by atoms with Crippen molar-refractivity contribution in [3.8, 4) is 6.07 Å². The SMILES string of the molecule is Cc1ccc(NCC2(C#N)COC2)c(C)c1C. The summed E-state index contributed by atoms with van der Waals surface area (Å²) in [6.45, 7) is 8.10. The van der Waals surface area contributed by atoms with Crippen molar-refractivity contribution < 1.29 is 4.74 Å². The largest absolute Gasteiger partial charge is 0.383 e. The number of hydrogen-bond donors (Lipinski definition) is 1. The average molecular weight is 230 g/mol. The highest BCUT2D eigenvalue weighted by Crippen LogP contribution is 2.28. The highest BCUT2D eigenvalue weighted by atomic mass is 16.5. The fraction of sp³-hybridized carbons (Fsp3) is 0.500. The summed E-state index contributed by atoms with van der Waals surface area (Å²) in [5.41, 5.74) is 4.67. The Kier molecular flexibility index (Phi) is 3.08. The second-order valence-corrected chi connectivity index (χ2v) is 4.92. The molecule has 0 aromatic heterocycles. The molecular weight excluding hydrogens is 212 g/mol. The number of nitrogens with one attached hydrogen (secondary N) is 1. The van der Waals surface area contributed by atoms with Crippen molar-refractivity contribution in [3.63, 3.8) is 0 Å². The standard InChI is InChI=1S/C14H18N2O/c1-10-4-5-13(12(3)11(10)2)16-7-14(6-15)8-17-9-14/h4-5,16H,7-9H2,1-3H3. The highest BCUT2D eigenvalue weighted by molar-refractivity contribution is 5.56. The van der Waals surface area contributed by atoms with E-state index in [9.17, 15) is 0 Å². The molecule has 0 radical (unpaired) electrons. The first kappa shape index (κ1) is 11.9. The van der Waals surface area contributed by atoms with Crippen molar-refractivity contribution in [3.05, 3.63) is 28.8 Å². The molecule has 0 amide bonds. The van der Waals surface area contributed by atoms with Crippen LogP contribution in [0, 0.1) is 37.5 Å². The van der Waals surface area contributed by atoms with Crippen LogP contribution in [0.2, 0.25) is 0 Å². The normalized spacial score (nSPS) is 17.1. The Labute approximate surface area is 102 Å². The van der Waals surface area contributed by atoms with Gasteiger partial charge >= 0.3 is 0 Å². The lowest BCUT2D eigenvalue weighted by atomic mass is 9.87. The fourth-order valence-electron chi connectivity index (χ4n) is 1.97. The minimum absolute atomic E-state index is 0.328. The van der Waals surface area contributed by atoms with Crippen molar-refractivity contribution >= 4 is 5.69 Å². The number of hydrogen-bond acceptors (Lipinski definition) is 3. The van der Waals surface area contributed by atoms with Crippen molar-refractivity contribution in [2.75, 3.05) is 25.1 Å². The second kappa shape index (κ2) is 4.38. The van der Waals surface area contributed by atoms with Gasteiger partial charge < -0.3 is 10.1 Å². The number of aryl methyl sites for hydroxylation is 1. The molecule has 1 aromatic rings. The fourth-order valence-corrected chi connectivity index (χ4v) is 1.97. The van der Waals surface area contributed by atoms with Gasteiger partial charge in [-0.15, -0.1) is 0 Å². The Hall–Kier alpha value is -1.53. The maximum Gasteiger partial charge on any atom is 0.121 e. The Bertz CT molecular complexity index is 470. The Morgan fingerprint density at radius 1 is 1.29 bits per heavy atom. The molecule has 3 heteroatoms. The molecule has 0 unspecified atom stereocenters.